The Labute approximate surface area is 129 Å². The van der Waals surface area contributed by atoms with E-state index in [0.29, 0.717) is 0 Å². The lowest BCUT2D eigenvalue weighted by atomic mass is 9.76. The van der Waals surface area contributed by atoms with E-state index in [0.717, 1.165) is 11.2 Å². The van der Waals surface area contributed by atoms with Crippen LogP contribution in [0.2, 0.25) is 0 Å². The molecule has 0 amide bonds. The summed E-state index contributed by atoms with van der Waals surface area (Å²) < 4.78 is 17.8. The molecule has 3 nitrogen and oxygen atoms in total. The van der Waals surface area contributed by atoms with Crippen molar-refractivity contribution in [3.8, 4) is 5.75 Å². The van der Waals surface area contributed by atoms with Gasteiger partial charge in [-0.25, -0.2) is 0 Å². The lowest BCUT2D eigenvalue weighted by Gasteiger charge is -2.32. The zero-order valence-corrected chi connectivity index (χ0v) is 14.5. The van der Waals surface area contributed by atoms with Gasteiger partial charge in [-0.3, -0.25) is 0 Å². The highest BCUT2D eigenvalue weighted by Gasteiger charge is 2.52. The van der Waals surface area contributed by atoms with Crippen molar-refractivity contribution in [2.24, 2.45) is 0 Å². The van der Waals surface area contributed by atoms with E-state index in [-0.39, 0.29) is 23.7 Å². The van der Waals surface area contributed by atoms with E-state index in [1.54, 1.807) is 7.11 Å². The highest BCUT2D eigenvalue weighted by atomic mass is 16.7. The summed E-state index contributed by atoms with van der Waals surface area (Å²) in [5.41, 5.74) is 1.59. The van der Waals surface area contributed by atoms with Crippen molar-refractivity contribution in [2.45, 2.75) is 65.1 Å². The molecule has 0 saturated carbocycles. The molecule has 1 aromatic carbocycles. The summed E-state index contributed by atoms with van der Waals surface area (Å²) in [6.45, 7) is 14.8. The van der Waals surface area contributed by atoms with Crippen molar-refractivity contribution < 1.29 is 14.0 Å². The third-order valence-corrected chi connectivity index (χ3v) is 4.61. The third kappa shape index (κ3) is 2.97. The molecule has 1 aliphatic heterocycles. The predicted octanol–water partition coefficient (Wildman–Crippen LogP) is 3.29. The maximum Gasteiger partial charge on any atom is 0.498 e. The fourth-order valence-corrected chi connectivity index (χ4v) is 2.34. The molecule has 0 atom stereocenters. The Kier molecular flexibility index (Phi) is 3.92. The molecule has 1 aliphatic rings. The summed E-state index contributed by atoms with van der Waals surface area (Å²) >= 11 is 0. The first-order valence-electron chi connectivity index (χ1n) is 7.52. The minimum atomic E-state index is -0.390. The van der Waals surface area contributed by atoms with Gasteiger partial charge in [0.05, 0.1) is 18.3 Å². The van der Waals surface area contributed by atoms with Gasteiger partial charge < -0.3 is 14.0 Å². The number of methoxy groups -OCH3 is 1. The minimum Gasteiger partial charge on any atom is -0.497 e. The van der Waals surface area contributed by atoms with Crippen LogP contribution in [0.25, 0.3) is 0 Å². The molecule has 4 heteroatoms. The topological polar surface area (TPSA) is 27.7 Å². The summed E-state index contributed by atoms with van der Waals surface area (Å²) in [5, 5.41) is 0. The van der Waals surface area contributed by atoms with Crippen LogP contribution in [0.1, 0.15) is 54.0 Å². The highest BCUT2D eigenvalue weighted by Crippen LogP contribution is 2.37. The van der Waals surface area contributed by atoms with Crippen LogP contribution in [0.3, 0.4) is 0 Å². The normalized spacial score (nSPS) is 20.7. The van der Waals surface area contributed by atoms with Gasteiger partial charge in [0.25, 0.3) is 0 Å². The maximum atomic E-state index is 6.12. The van der Waals surface area contributed by atoms with E-state index >= 15 is 0 Å². The molecule has 1 heterocycles. The van der Waals surface area contributed by atoms with Crippen LogP contribution in [0.5, 0.6) is 5.75 Å². The largest absolute Gasteiger partial charge is 0.498 e. The number of rotatable bonds is 2. The second kappa shape index (κ2) is 5.03. The second-order valence-corrected chi connectivity index (χ2v) is 7.79. The van der Waals surface area contributed by atoms with Gasteiger partial charge in [0, 0.05) is 5.46 Å². The SMILES string of the molecule is COc1cc(C(C)(C)C)ccc1B1OC(C)(C)C(C)(C)O1. The van der Waals surface area contributed by atoms with Crippen molar-refractivity contribution in [1.82, 2.24) is 0 Å². The third-order valence-electron chi connectivity index (χ3n) is 4.61. The van der Waals surface area contributed by atoms with Gasteiger partial charge in [-0.2, -0.15) is 0 Å². The molecule has 0 N–H and O–H groups in total. The van der Waals surface area contributed by atoms with Crippen LogP contribution in [-0.4, -0.2) is 25.4 Å². The number of hydrogen-bond acceptors (Lipinski definition) is 3. The minimum absolute atomic E-state index is 0.0851. The molecule has 1 aromatic rings. The Morgan fingerprint density at radius 1 is 1.00 bits per heavy atom. The van der Waals surface area contributed by atoms with Crippen molar-refractivity contribution in [3.05, 3.63) is 23.8 Å². The van der Waals surface area contributed by atoms with E-state index in [2.05, 4.69) is 66.7 Å². The molecular weight excluding hydrogens is 263 g/mol. The fourth-order valence-electron chi connectivity index (χ4n) is 2.34. The number of hydrogen-bond donors (Lipinski definition) is 0. The molecule has 21 heavy (non-hydrogen) atoms. The van der Waals surface area contributed by atoms with Crippen LogP contribution in [0.15, 0.2) is 18.2 Å². The van der Waals surface area contributed by atoms with Crippen LogP contribution in [0.4, 0.5) is 0 Å². The number of benzene rings is 1. The van der Waals surface area contributed by atoms with Crippen LogP contribution < -0.4 is 10.2 Å². The van der Waals surface area contributed by atoms with E-state index in [4.69, 9.17) is 14.0 Å². The summed E-state index contributed by atoms with van der Waals surface area (Å²) in [5.74, 6) is 0.820. The molecule has 2 rings (SSSR count). The molecule has 0 aromatic heterocycles. The molecule has 0 aliphatic carbocycles. The van der Waals surface area contributed by atoms with Gasteiger partial charge in [-0.15, -0.1) is 0 Å². The van der Waals surface area contributed by atoms with Crippen molar-refractivity contribution in [2.75, 3.05) is 7.11 Å². The molecule has 0 spiro atoms. The Morgan fingerprint density at radius 2 is 1.52 bits per heavy atom. The van der Waals surface area contributed by atoms with E-state index in [1.165, 1.54) is 5.56 Å². The molecule has 0 radical (unpaired) electrons. The van der Waals surface area contributed by atoms with Gasteiger partial charge in [0.15, 0.2) is 0 Å². The predicted molar refractivity (Wildman–Crippen MR) is 87.4 cm³/mol. The quantitative estimate of drug-likeness (QED) is 0.782. The molecular formula is C17H27BO3. The molecule has 1 fully saturated rings. The van der Waals surface area contributed by atoms with Crippen molar-refractivity contribution in [1.29, 1.82) is 0 Å². The van der Waals surface area contributed by atoms with Crippen molar-refractivity contribution in [3.63, 3.8) is 0 Å². The van der Waals surface area contributed by atoms with Gasteiger partial charge in [0.1, 0.15) is 5.75 Å². The first-order valence-corrected chi connectivity index (χ1v) is 7.52. The lowest BCUT2D eigenvalue weighted by Crippen LogP contribution is -2.41. The van der Waals surface area contributed by atoms with Crippen LogP contribution >= 0.6 is 0 Å². The monoisotopic (exact) mass is 290 g/mol. The van der Waals surface area contributed by atoms with Crippen molar-refractivity contribution >= 4 is 12.6 Å². The Bertz CT molecular complexity index is 513. The Balaban J connectivity index is 2.38. The molecule has 116 valence electrons. The van der Waals surface area contributed by atoms with Crippen LogP contribution in [-0.2, 0) is 14.7 Å². The Morgan fingerprint density at radius 3 is 1.95 bits per heavy atom. The average Bonchev–Trinajstić information content (AvgIpc) is 2.56. The molecule has 0 unspecified atom stereocenters. The zero-order valence-electron chi connectivity index (χ0n) is 14.5. The van der Waals surface area contributed by atoms with E-state index in [1.807, 2.05) is 0 Å². The van der Waals surface area contributed by atoms with Crippen LogP contribution in [0, 0.1) is 0 Å². The first-order chi connectivity index (χ1) is 9.48. The molecule has 0 bridgehead atoms. The first kappa shape index (κ1) is 16.4. The van der Waals surface area contributed by atoms with E-state index in [9.17, 15) is 0 Å². The van der Waals surface area contributed by atoms with Gasteiger partial charge in [-0.05, 0) is 44.7 Å². The van der Waals surface area contributed by atoms with E-state index < -0.39 is 0 Å². The average molecular weight is 290 g/mol. The lowest BCUT2D eigenvalue weighted by molar-refractivity contribution is 0.00578. The molecule has 1 saturated heterocycles. The summed E-state index contributed by atoms with van der Waals surface area (Å²) in [6, 6.07) is 6.27. The maximum absolute atomic E-state index is 6.12. The number of ether oxygens (including phenoxy) is 1. The van der Waals surface area contributed by atoms with Gasteiger partial charge in [0.2, 0.25) is 0 Å². The summed E-state index contributed by atoms with van der Waals surface area (Å²) in [4.78, 5) is 0. The summed E-state index contributed by atoms with van der Waals surface area (Å²) in [6.07, 6.45) is 0. The standard InChI is InChI=1S/C17H27BO3/c1-15(2,3)12-9-10-13(14(11-12)19-8)18-20-16(4,5)17(6,7)21-18/h9-11H,1-8H3. The van der Waals surface area contributed by atoms with Gasteiger partial charge in [-0.1, -0.05) is 32.9 Å². The van der Waals surface area contributed by atoms with Gasteiger partial charge >= 0.3 is 7.12 Å². The highest BCUT2D eigenvalue weighted by molar-refractivity contribution is 6.63. The second-order valence-electron chi connectivity index (χ2n) is 7.79. The zero-order chi connectivity index (χ0) is 16.1. The Hall–Kier alpha value is -0.995. The smallest absolute Gasteiger partial charge is 0.497 e. The fraction of sp³-hybridized carbons (Fsp3) is 0.647. The summed E-state index contributed by atoms with van der Waals surface area (Å²) in [7, 11) is 1.30.